The van der Waals surface area contributed by atoms with Gasteiger partial charge in [-0.05, 0) is 60.7 Å². The van der Waals surface area contributed by atoms with Crippen molar-refractivity contribution in [3.8, 4) is 22.6 Å². The molecule has 0 radical (unpaired) electrons. The fourth-order valence-corrected chi connectivity index (χ4v) is 7.18. The van der Waals surface area contributed by atoms with Crippen molar-refractivity contribution in [1.29, 1.82) is 0 Å². The van der Waals surface area contributed by atoms with Crippen LogP contribution in [-0.4, -0.2) is 14.1 Å². The molecule has 4 nitrogen and oxygen atoms in total. The van der Waals surface area contributed by atoms with Gasteiger partial charge in [0.25, 0.3) is 0 Å². The second-order valence-corrected chi connectivity index (χ2v) is 11.6. The number of fused-ring (bicyclic) bond motifs is 9. The molecule has 210 valence electrons. The van der Waals surface area contributed by atoms with Gasteiger partial charge >= 0.3 is 0 Å². The molecule has 0 spiro atoms. The Labute approximate surface area is 258 Å². The van der Waals surface area contributed by atoms with Gasteiger partial charge in [0.2, 0.25) is 0 Å². The number of para-hydroxylation sites is 5. The maximum atomic E-state index is 6.41. The molecule has 0 atom stereocenters. The van der Waals surface area contributed by atoms with E-state index in [2.05, 4.69) is 143 Å². The second kappa shape index (κ2) is 9.18. The summed E-state index contributed by atoms with van der Waals surface area (Å²) in [5.74, 6) is 0. The SMILES string of the molecule is c1ccc(-n2c3ccccc3c3cc4c5cc(-c6cccc7c6oc6ccccc67)ncc5n(-c5ccccc5)c4cc32)cc1. The summed E-state index contributed by atoms with van der Waals surface area (Å²) in [6.45, 7) is 0. The number of nitrogens with zero attached hydrogens (tertiary/aromatic N) is 3. The highest BCUT2D eigenvalue weighted by Crippen LogP contribution is 2.41. The topological polar surface area (TPSA) is 35.9 Å². The van der Waals surface area contributed by atoms with Crippen molar-refractivity contribution in [1.82, 2.24) is 14.1 Å². The quantitative estimate of drug-likeness (QED) is 0.210. The van der Waals surface area contributed by atoms with E-state index in [9.17, 15) is 0 Å². The Balaban J connectivity index is 1.32. The first-order chi connectivity index (χ1) is 22.3. The molecule has 0 aliphatic heterocycles. The fourth-order valence-electron chi connectivity index (χ4n) is 7.18. The lowest BCUT2D eigenvalue weighted by Gasteiger charge is -2.10. The van der Waals surface area contributed by atoms with Gasteiger partial charge in [0.1, 0.15) is 11.2 Å². The summed E-state index contributed by atoms with van der Waals surface area (Å²) in [4.78, 5) is 5.07. The summed E-state index contributed by atoms with van der Waals surface area (Å²) in [5.41, 5.74) is 10.5. The van der Waals surface area contributed by atoms with Crippen LogP contribution in [0.1, 0.15) is 0 Å². The van der Waals surface area contributed by atoms with Crippen molar-refractivity contribution in [2.45, 2.75) is 0 Å². The molecular weight excluding hydrogens is 550 g/mol. The molecule has 4 heteroatoms. The number of benzene rings is 6. The monoisotopic (exact) mass is 575 g/mol. The smallest absolute Gasteiger partial charge is 0.144 e. The van der Waals surface area contributed by atoms with Gasteiger partial charge in [0, 0.05) is 49.3 Å². The molecular formula is C41H25N3O. The van der Waals surface area contributed by atoms with Crippen LogP contribution in [0.15, 0.2) is 156 Å². The van der Waals surface area contributed by atoms with Gasteiger partial charge in [-0.1, -0.05) is 84.9 Å². The van der Waals surface area contributed by atoms with E-state index in [1.807, 2.05) is 18.3 Å². The van der Waals surface area contributed by atoms with E-state index < -0.39 is 0 Å². The molecule has 45 heavy (non-hydrogen) atoms. The van der Waals surface area contributed by atoms with E-state index in [-0.39, 0.29) is 0 Å². The molecule has 0 fully saturated rings. The average molecular weight is 576 g/mol. The minimum Gasteiger partial charge on any atom is -0.455 e. The van der Waals surface area contributed by atoms with Crippen molar-refractivity contribution < 1.29 is 4.42 Å². The van der Waals surface area contributed by atoms with Crippen molar-refractivity contribution in [2.75, 3.05) is 0 Å². The molecule has 0 unspecified atom stereocenters. The van der Waals surface area contributed by atoms with Crippen LogP contribution < -0.4 is 0 Å². The normalized spacial score (nSPS) is 12.0. The Morgan fingerprint density at radius 2 is 1.02 bits per heavy atom. The molecule has 0 bridgehead atoms. The highest BCUT2D eigenvalue weighted by atomic mass is 16.3. The lowest BCUT2D eigenvalue weighted by molar-refractivity contribution is 0.670. The van der Waals surface area contributed by atoms with E-state index >= 15 is 0 Å². The fraction of sp³-hybridized carbons (Fsp3) is 0. The molecule has 4 aromatic heterocycles. The summed E-state index contributed by atoms with van der Waals surface area (Å²) in [6, 6.07) is 51.4. The van der Waals surface area contributed by atoms with Crippen LogP contribution in [0.2, 0.25) is 0 Å². The van der Waals surface area contributed by atoms with Crippen molar-refractivity contribution in [3.63, 3.8) is 0 Å². The number of pyridine rings is 1. The van der Waals surface area contributed by atoms with Crippen molar-refractivity contribution in [2.24, 2.45) is 0 Å². The van der Waals surface area contributed by atoms with Gasteiger partial charge in [0.15, 0.2) is 0 Å². The summed E-state index contributed by atoms with van der Waals surface area (Å²) < 4.78 is 11.1. The Morgan fingerprint density at radius 1 is 0.422 bits per heavy atom. The third-order valence-corrected chi connectivity index (χ3v) is 9.15. The van der Waals surface area contributed by atoms with Crippen molar-refractivity contribution >= 4 is 65.6 Å². The summed E-state index contributed by atoms with van der Waals surface area (Å²) in [5, 5.41) is 7.04. The maximum absolute atomic E-state index is 6.41. The first kappa shape index (κ1) is 24.3. The average Bonchev–Trinajstić information content (AvgIpc) is 3.75. The molecule has 10 rings (SSSR count). The van der Waals surface area contributed by atoms with E-state index in [0.29, 0.717) is 0 Å². The lowest BCUT2D eigenvalue weighted by atomic mass is 10.0. The van der Waals surface area contributed by atoms with Crippen LogP contribution in [0.5, 0.6) is 0 Å². The van der Waals surface area contributed by atoms with Crippen LogP contribution in [0.25, 0.3) is 88.2 Å². The van der Waals surface area contributed by atoms with Gasteiger partial charge in [0.05, 0.1) is 34.0 Å². The van der Waals surface area contributed by atoms with Gasteiger partial charge in [-0.15, -0.1) is 0 Å². The molecule has 0 aliphatic carbocycles. The van der Waals surface area contributed by atoms with Crippen LogP contribution in [0, 0.1) is 0 Å². The Hall–Kier alpha value is -6.13. The zero-order chi connectivity index (χ0) is 29.5. The van der Waals surface area contributed by atoms with E-state index in [0.717, 1.165) is 61.0 Å². The first-order valence-corrected chi connectivity index (χ1v) is 15.2. The van der Waals surface area contributed by atoms with Gasteiger partial charge in [-0.2, -0.15) is 0 Å². The molecule has 0 saturated carbocycles. The molecule has 6 aromatic carbocycles. The lowest BCUT2D eigenvalue weighted by Crippen LogP contribution is -1.96. The zero-order valence-electron chi connectivity index (χ0n) is 24.2. The van der Waals surface area contributed by atoms with Gasteiger partial charge < -0.3 is 13.6 Å². The Morgan fingerprint density at radius 3 is 1.80 bits per heavy atom. The number of hydrogen-bond acceptors (Lipinski definition) is 2. The third-order valence-electron chi connectivity index (χ3n) is 9.15. The van der Waals surface area contributed by atoms with Gasteiger partial charge in [-0.25, -0.2) is 0 Å². The van der Waals surface area contributed by atoms with E-state index in [1.54, 1.807) is 0 Å². The van der Waals surface area contributed by atoms with Crippen LogP contribution in [0.3, 0.4) is 0 Å². The summed E-state index contributed by atoms with van der Waals surface area (Å²) >= 11 is 0. The number of rotatable bonds is 3. The second-order valence-electron chi connectivity index (χ2n) is 11.6. The molecule has 0 aliphatic rings. The molecule has 0 amide bonds. The third kappa shape index (κ3) is 3.45. The predicted molar refractivity (Wildman–Crippen MR) is 186 cm³/mol. The minimum atomic E-state index is 0.866. The van der Waals surface area contributed by atoms with E-state index in [1.165, 1.54) is 27.2 Å². The molecule has 10 aromatic rings. The number of furan rings is 1. The largest absolute Gasteiger partial charge is 0.455 e. The molecule has 0 saturated heterocycles. The van der Waals surface area contributed by atoms with Gasteiger partial charge in [-0.3, -0.25) is 4.98 Å². The standard InChI is InChI=1S/C41H25N3O/c1-3-12-26(13-4-1)43-36-20-9-7-16-28(36)32-22-33-34-23-35(31-19-11-18-30-29-17-8-10-21-40(29)45-41(30)31)42-25-39(34)44(38(33)24-37(32)43)27-14-5-2-6-15-27/h1-25H. The summed E-state index contributed by atoms with van der Waals surface area (Å²) in [7, 11) is 0. The number of aromatic nitrogens is 3. The predicted octanol–water partition coefficient (Wildman–Crippen LogP) is 10.8. The molecule has 0 N–H and O–H groups in total. The minimum absolute atomic E-state index is 0.866. The zero-order valence-corrected chi connectivity index (χ0v) is 24.2. The Kier molecular flexibility index (Phi) is 4.96. The maximum Gasteiger partial charge on any atom is 0.144 e. The summed E-state index contributed by atoms with van der Waals surface area (Å²) in [6.07, 6.45) is 2.02. The van der Waals surface area contributed by atoms with Crippen LogP contribution >= 0.6 is 0 Å². The van der Waals surface area contributed by atoms with Crippen LogP contribution in [0.4, 0.5) is 0 Å². The van der Waals surface area contributed by atoms with E-state index in [4.69, 9.17) is 9.40 Å². The van der Waals surface area contributed by atoms with Crippen LogP contribution in [-0.2, 0) is 0 Å². The molecule has 4 heterocycles. The highest BCUT2D eigenvalue weighted by Gasteiger charge is 2.20. The number of hydrogen-bond donors (Lipinski definition) is 0. The Bertz CT molecular complexity index is 2750. The highest BCUT2D eigenvalue weighted by molar-refractivity contribution is 6.19. The first-order valence-electron chi connectivity index (χ1n) is 15.2. The van der Waals surface area contributed by atoms with Crippen molar-refractivity contribution in [3.05, 3.63) is 152 Å².